The Morgan fingerprint density at radius 3 is 2.73 bits per heavy atom. The summed E-state index contributed by atoms with van der Waals surface area (Å²) in [6, 6.07) is 10.2. The number of fused-ring (bicyclic) bond motifs is 3. The van der Waals surface area contributed by atoms with Crippen LogP contribution >= 0.6 is 11.3 Å². The fourth-order valence-corrected chi connectivity index (χ4v) is 5.13. The summed E-state index contributed by atoms with van der Waals surface area (Å²) in [6.07, 6.45) is 3.98. The molecule has 1 atom stereocenters. The summed E-state index contributed by atoms with van der Waals surface area (Å²) in [4.78, 5) is 15.2. The number of benzene rings is 1. The van der Waals surface area contributed by atoms with E-state index in [-0.39, 0.29) is 5.56 Å². The molecule has 0 amide bonds. The first-order chi connectivity index (χ1) is 12.4. The van der Waals surface area contributed by atoms with Crippen LogP contribution in [0.5, 0.6) is 0 Å². The Morgan fingerprint density at radius 2 is 2.00 bits per heavy atom. The third kappa shape index (κ3) is 3.20. The molecular formula is C21H25N3OS. The molecule has 136 valence electrons. The molecule has 0 spiro atoms. The van der Waals surface area contributed by atoms with Crippen LogP contribution in [0.1, 0.15) is 43.2 Å². The van der Waals surface area contributed by atoms with E-state index in [1.54, 1.807) is 11.3 Å². The van der Waals surface area contributed by atoms with E-state index in [4.69, 9.17) is 0 Å². The Labute approximate surface area is 157 Å². The van der Waals surface area contributed by atoms with Gasteiger partial charge in [0.1, 0.15) is 0 Å². The lowest BCUT2D eigenvalue weighted by molar-refractivity contribution is 0.218. The standard InChI is InChI=1S/C21H25N3OS/c1-21(2,3)15-9-10-16-17(13-15)26-19-18(16)20(25)24(23-22-19)12-11-14-7-5-4-6-8-14/h4-8,15H,9-13H2,1-3H3. The normalized spacial score (nSPS) is 17.4. The van der Waals surface area contributed by atoms with E-state index in [2.05, 4.69) is 43.2 Å². The van der Waals surface area contributed by atoms with E-state index in [0.29, 0.717) is 17.9 Å². The van der Waals surface area contributed by atoms with Gasteiger partial charge in [-0.05, 0) is 48.1 Å². The Morgan fingerprint density at radius 1 is 1.23 bits per heavy atom. The highest BCUT2D eigenvalue weighted by Gasteiger charge is 2.31. The van der Waals surface area contributed by atoms with Gasteiger partial charge in [-0.25, -0.2) is 4.68 Å². The van der Waals surface area contributed by atoms with Crippen LogP contribution in [0.3, 0.4) is 0 Å². The highest BCUT2D eigenvalue weighted by Crippen LogP contribution is 2.41. The van der Waals surface area contributed by atoms with E-state index < -0.39 is 0 Å². The molecule has 0 N–H and O–H groups in total. The molecule has 4 nitrogen and oxygen atoms in total. The molecule has 2 heterocycles. The first kappa shape index (κ1) is 17.4. The van der Waals surface area contributed by atoms with E-state index in [1.165, 1.54) is 20.7 Å². The summed E-state index contributed by atoms with van der Waals surface area (Å²) in [6.45, 7) is 7.51. The van der Waals surface area contributed by atoms with Crippen LogP contribution in [0.4, 0.5) is 0 Å². The van der Waals surface area contributed by atoms with Gasteiger partial charge >= 0.3 is 0 Å². The highest BCUT2D eigenvalue weighted by molar-refractivity contribution is 7.18. The minimum absolute atomic E-state index is 0.0256. The van der Waals surface area contributed by atoms with Crippen molar-refractivity contribution in [2.45, 2.75) is 53.0 Å². The van der Waals surface area contributed by atoms with Gasteiger partial charge in [-0.1, -0.05) is 56.3 Å². The second-order valence-electron chi connectivity index (χ2n) is 8.34. The van der Waals surface area contributed by atoms with Gasteiger partial charge in [0.15, 0.2) is 4.83 Å². The lowest BCUT2D eigenvalue weighted by Crippen LogP contribution is -2.28. The summed E-state index contributed by atoms with van der Waals surface area (Å²) >= 11 is 1.67. The number of rotatable bonds is 3. The van der Waals surface area contributed by atoms with Crippen molar-refractivity contribution in [3.63, 3.8) is 0 Å². The predicted octanol–water partition coefficient (Wildman–Crippen LogP) is 4.25. The maximum Gasteiger partial charge on any atom is 0.278 e. The van der Waals surface area contributed by atoms with E-state index in [0.717, 1.165) is 35.9 Å². The van der Waals surface area contributed by atoms with Crippen LogP contribution in [-0.4, -0.2) is 15.0 Å². The van der Waals surface area contributed by atoms with E-state index >= 15 is 0 Å². The van der Waals surface area contributed by atoms with Crippen LogP contribution in [0.25, 0.3) is 10.2 Å². The fourth-order valence-electron chi connectivity index (χ4n) is 3.89. The van der Waals surface area contributed by atoms with Gasteiger partial charge in [0.2, 0.25) is 0 Å². The average molecular weight is 368 g/mol. The number of nitrogens with zero attached hydrogens (tertiary/aromatic N) is 3. The molecule has 1 aliphatic rings. The van der Waals surface area contributed by atoms with Crippen molar-refractivity contribution >= 4 is 21.6 Å². The van der Waals surface area contributed by atoms with Crippen LogP contribution < -0.4 is 5.56 Å². The summed E-state index contributed by atoms with van der Waals surface area (Å²) in [5, 5.41) is 9.40. The molecule has 4 rings (SSSR count). The van der Waals surface area contributed by atoms with Gasteiger partial charge in [0, 0.05) is 4.88 Å². The lowest BCUT2D eigenvalue weighted by atomic mass is 9.72. The smallest absolute Gasteiger partial charge is 0.267 e. The van der Waals surface area contributed by atoms with Crippen LogP contribution in [0.2, 0.25) is 0 Å². The zero-order valence-corrected chi connectivity index (χ0v) is 16.5. The topological polar surface area (TPSA) is 47.8 Å². The summed E-state index contributed by atoms with van der Waals surface area (Å²) in [7, 11) is 0. The average Bonchev–Trinajstić information content (AvgIpc) is 3.00. The predicted molar refractivity (Wildman–Crippen MR) is 107 cm³/mol. The second-order valence-corrected chi connectivity index (χ2v) is 9.43. The minimum Gasteiger partial charge on any atom is -0.267 e. The maximum atomic E-state index is 13.0. The quantitative estimate of drug-likeness (QED) is 0.695. The van der Waals surface area contributed by atoms with Crippen molar-refractivity contribution < 1.29 is 0 Å². The Hall–Kier alpha value is -2.01. The molecule has 0 bridgehead atoms. The number of thiophene rings is 1. The number of aromatic nitrogens is 3. The monoisotopic (exact) mass is 367 g/mol. The zero-order chi connectivity index (χ0) is 18.3. The molecule has 0 fully saturated rings. The van der Waals surface area contributed by atoms with Gasteiger partial charge in [-0.2, -0.15) is 0 Å². The molecule has 1 aromatic carbocycles. The first-order valence-electron chi connectivity index (χ1n) is 9.35. The van der Waals surface area contributed by atoms with Crippen molar-refractivity contribution in [3.8, 4) is 0 Å². The Kier molecular flexibility index (Phi) is 4.43. The third-order valence-electron chi connectivity index (χ3n) is 5.62. The van der Waals surface area contributed by atoms with Crippen LogP contribution in [0.15, 0.2) is 35.1 Å². The molecule has 0 saturated carbocycles. The molecule has 26 heavy (non-hydrogen) atoms. The largest absolute Gasteiger partial charge is 0.278 e. The van der Waals surface area contributed by atoms with Crippen LogP contribution in [0, 0.1) is 11.3 Å². The molecule has 5 heteroatoms. The second kappa shape index (κ2) is 6.62. The number of aryl methyl sites for hydroxylation is 3. The highest BCUT2D eigenvalue weighted by atomic mass is 32.1. The van der Waals surface area contributed by atoms with E-state index in [9.17, 15) is 4.79 Å². The van der Waals surface area contributed by atoms with Gasteiger partial charge in [0.05, 0.1) is 11.9 Å². The molecule has 1 unspecified atom stereocenters. The summed E-state index contributed by atoms with van der Waals surface area (Å²) in [5.41, 5.74) is 2.77. The zero-order valence-electron chi connectivity index (χ0n) is 15.7. The number of hydrogen-bond acceptors (Lipinski definition) is 4. The summed E-state index contributed by atoms with van der Waals surface area (Å²) < 4.78 is 1.54. The molecule has 0 radical (unpaired) electrons. The minimum atomic E-state index is 0.0256. The van der Waals surface area contributed by atoms with Gasteiger partial charge in [-0.3, -0.25) is 4.79 Å². The third-order valence-corrected chi connectivity index (χ3v) is 6.76. The molecule has 3 aromatic rings. The van der Waals surface area contributed by atoms with Crippen molar-refractivity contribution in [2.75, 3.05) is 0 Å². The van der Waals surface area contributed by atoms with E-state index in [1.807, 2.05) is 18.2 Å². The molecule has 0 saturated heterocycles. The fraction of sp³-hybridized carbons (Fsp3) is 0.476. The maximum absolute atomic E-state index is 13.0. The Balaban J connectivity index is 1.65. The van der Waals surface area contributed by atoms with Crippen molar-refractivity contribution in [2.24, 2.45) is 11.3 Å². The van der Waals surface area contributed by atoms with Crippen molar-refractivity contribution in [3.05, 3.63) is 56.7 Å². The number of hydrogen-bond donors (Lipinski definition) is 0. The van der Waals surface area contributed by atoms with Crippen LogP contribution in [-0.2, 0) is 25.8 Å². The SMILES string of the molecule is CC(C)(C)C1CCc2c(sc3nnn(CCc4ccccc4)c(=O)c23)C1. The molecule has 0 aliphatic heterocycles. The lowest BCUT2D eigenvalue weighted by Gasteiger charge is -2.33. The molecule has 1 aliphatic carbocycles. The van der Waals surface area contributed by atoms with Gasteiger partial charge < -0.3 is 0 Å². The van der Waals surface area contributed by atoms with Crippen molar-refractivity contribution in [1.82, 2.24) is 15.0 Å². The molecular weight excluding hydrogens is 342 g/mol. The first-order valence-corrected chi connectivity index (χ1v) is 10.2. The van der Waals surface area contributed by atoms with Gasteiger partial charge in [-0.15, -0.1) is 16.4 Å². The van der Waals surface area contributed by atoms with Gasteiger partial charge in [0.25, 0.3) is 5.56 Å². The van der Waals surface area contributed by atoms with Crippen molar-refractivity contribution in [1.29, 1.82) is 0 Å². The molecule has 2 aromatic heterocycles. The Bertz CT molecular complexity index is 982. The summed E-state index contributed by atoms with van der Waals surface area (Å²) in [5.74, 6) is 0.663.